The van der Waals surface area contributed by atoms with Crippen molar-refractivity contribution >= 4 is 11.6 Å². The fraction of sp³-hybridized carbons (Fsp3) is 0.316. The Hall–Kier alpha value is -2.29. The van der Waals surface area contributed by atoms with Crippen molar-refractivity contribution in [1.82, 2.24) is 4.90 Å². The number of nitrogens with zero attached hydrogens (tertiary/aromatic N) is 2. The summed E-state index contributed by atoms with van der Waals surface area (Å²) >= 11 is 0. The first-order valence-corrected chi connectivity index (χ1v) is 7.96. The number of anilines is 1. The maximum absolute atomic E-state index is 12.5. The fourth-order valence-electron chi connectivity index (χ4n) is 3.03. The molecule has 3 nitrogen and oxygen atoms in total. The molecule has 0 unspecified atom stereocenters. The molecule has 1 amide bonds. The first-order chi connectivity index (χ1) is 10.8. The molecular weight excluding hydrogens is 272 g/mol. The van der Waals surface area contributed by atoms with Gasteiger partial charge in [-0.1, -0.05) is 43.3 Å². The smallest absolute Gasteiger partial charge is 0.253 e. The molecule has 1 fully saturated rings. The van der Waals surface area contributed by atoms with Gasteiger partial charge < -0.3 is 9.80 Å². The molecule has 0 aliphatic carbocycles. The van der Waals surface area contributed by atoms with Crippen LogP contribution in [-0.2, 0) is 6.42 Å². The number of carbonyl (C=O) groups excluding carboxylic acids is 1. The average Bonchev–Trinajstić information content (AvgIpc) is 2.62. The Morgan fingerprint density at radius 2 is 1.55 bits per heavy atom. The van der Waals surface area contributed by atoms with Gasteiger partial charge in [0.2, 0.25) is 0 Å². The first kappa shape index (κ1) is 14.6. The van der Waals surface area contributed by atoms with E-state index < -0.39 is 0 Å². The molecule has 1 saturated heterocycles. The SMILES string of the molecule is CCc1ccccc1N1CCN(C(=O)c2ccccc2)CC1. The van der Waals surface area contributed by atoms with Crippen molar-refractivity contribution in [1.29, 1.82) is 0 Å². The summed E-state index contributed by atoms with van der Waals surface area (Å²) in [5.41, 5.74) is 3.48. The molecule has 0 bridgehead atoms. The molecule has 0 spiro atoms. The van der Waals surface area contributed by atoms with E-state index in [4.69, 9.17) is 0 Å². The predicted molar refractivity (Wildman–Crippen MR) is 90.4 cm³/mol. The van der Waals surface area contributed by atoms with Gasteiger partial charge in [-0.3, -0.25) is 4.79 Å². The second kappa shape index (κ2) is 6.65. The van der Waals surface area contributed by atoms with E-state index >= 15 is 0 Å². The zero-order valence-corrected chi connectivity index (χ0v) is 13.0. The minimum absolute atomic E-state index is 0.143. The molecule has 2 aromatic rings. The lowest BCUT2D eigenvalue weighted by atomic mass is 10.1. The molecule has 0 radical (unpaired) electrons. The highest BCUT2D eigenvalue weighted by Crippen LogP contribution is 2.22. The topological polar surface area (TPSA) is 23.6 Å². The van der Waals surface area contributed by atoms with Crippen molar-refractivity contribution in [3.63, 3.8) is 0 Å². The zero-order chi connectivity index (χ0) is 15.4. The minimum atomic E-state index is 0.143. The molecule has 3 heteroatoms. The summed E-state index contributed by atoms with van der Waals surface area (Å²) < 4.78 is 0. The summed E-state index contributed by atoms with van der Waals surface area (Å²) in [7, 11) is 0. The highest BCUT2D eigenvalue weighted by molar-refractivity contribution is 5.94. The molecule has 0 atom stereocenters. The molecule has 3 rings (SSSR count). The van der Waals surface area contributed by atoms with Crippen LogP contribution in [0.1, 0.15) is 22.8 Å². The Kier molecular flexibility index (Phi) is 4.42. The van der Waals surface area contributed by atoms with Gasteiger partial charge in [-0.15, -0.1) is 0 Å². The zero-order valence-electron chi connectivity index (χ0n) is 13.0. The lowest BCUT2D eigenvalue weighted by molar-refractivity contribution is 0.0747. The standard InChI is InChI=1S/C19H22N2O/c1-2-16-8-6-7-11-18(16)20-12-14-21(15-13-20)19(22)17-9-4-3-5-10-17/h3-11H,2,12-15H2,1H3. The Morgan fingerprint density at radius 3 is 2.23 bits per heavy atom. The molecular formula is C19H22N2O. The van der Waals surface area contributed by atoms with Gasteiger partial charge in [0.05, 0.1) is 0 Å². The van der Waals surface area contributed by atoms with Crippen molar-refractivity contribution in [2.24, 2.45) is 0 Å². The van der Waals surface area contributed by atoms with E-state index in [0.29, 0.717) is 0 Å². The lowest BCUT2D eigenvalue weighted by Crippen LogP contribution is -2.49. The lowest BCUT2D eigenvalue weighted by Gasteiger charge is -2.37. The fourth-order valence-corrected chi connectivity index (χ4v) is 3.03. The van der Waals surface area contributed by atoms with Gasteiger partial charge in [0.1, 0.15) is 0 Å². The van der Waals surface area contributed by atoms with Crippen molar-refractivity contribution < 1.29 is 4.79 Å². The maximum Gasteiger partial charge on any atom is 0.253 e. The van der Waals surface area contributed by atoms with E-state index in [0.717, 1.165) is 38.2 Å². The maximum atomic E-state index is 12.5. The van der Waals surface area contributed by atoms with Gasteiger partial charge >= 0.3 is 0 Å². The van der Waals surface area contributed by atoms with Crippen LogP contribution >= 0.6 is 0 Å². The number of piperazine rings is 1. The average molecular weight is 294 g/mol. The molecule has 1 heterocycles. The van der Waals surface area contributed by atoms with Crippen LogP contribution in [0.15, 0.2) is 54.6 Å². The normalized spacial score (nSPS) is 15.0. The van der Waals surface area contributed by atoms with E-state index in [1.54, 1.807) is 0 Å². The van der Waals surface area contributed by atoms with Crippen LogP contribution < -0.4 is 4.90 Å². The third-order valence-electron chi connectivity index (χ3n) is 4.30. The van der Waals surface area contributed by atoms with Crippen molar-refractivity contribution in [2.45, 2.75) is 13.3 Å². The second-order valence-corrected chi connectivity index (χ2v) is 5.63. The number of rotatable bonds is 3. The van der Waals surface area contributed by atoms with Gasteiger partial charge in [0.15, 0.2) is 0 Å². The highest BCUT2D eigenvalue weighted by atomic mass is 16.2. The van der Waals surface area contributed by atoms with E-state index in [-0.39, 0.29) is 5.91 Å². The van der Waals surface area contributed by atoms with Crippen LogP contribution in [-0.4, -0.2) is 37.0 Å². The van der Waals surface area contributed by atoms with Crippen molar-refractivity contribution in [2.75, 3.05) is 31.1 Å². The van der Waals surface area contributed by atoms with E-state index in [2.05, 4.69) is 36.1 Å². The Labute approximate surface area is 132 Å². The first-order valence-electron chi connectivity index (χ1n) is 7.96. The van der Waals surface area contributed by atoms with Crippen LogP contribution in [0.2, 0.25) is 0 Å². The van der Waals surface area contributed by atoms with Gasteiger partial charge in [-0.25, -0.2) is 0 Å². The number of amides is 1. The van der Waals surface area contributed by atoms with E-state index in [1.807, 2.05) is 35.2 Å². The molecule has 22 heavy (non-hydrogen) atoms. The summed E-state index contributed by atoms with van der Waals surface area (Å²) in [4.78, 5) is 16.8. The number of carbonyl (C=O) groups is 1. The Morgan fingerprint density at radius 1 is 0.909 bits per heavy atom. The monoisotopic (exact) mass is 294 g/mol. The third kappa shape index (κ3) is 2.98. The highest BCUT2D eigenvalue weighted by Gasteiger charge is 2.22. The molecule has 2 aromatic carbocycles. The van der Waals surface area contributed by atoms with Crippen LogP contribution in [0.4, 0.5) is 5.69 Å². The van der Waals surface area contributed by atoms with Gasteiger partial charge in [0.25, 0.3) is 5.91 Å². The summed E-state index contributed by atoms with van der Waals surface area (Å²) in [5, 5.41) is 0. The molecule has 0 saturated carbocycles. The number of aryl methyl sites for hydroxylation is 1. The quantitative estimate of drug-likeness (QED) is 0.868. The molecule has 1 aliphatic heterocycles. The summed E-state index contributed by atoms with van der Waals surface area (Å²) in [6.07, 6.45) is 1.04. The van der Waals surface area contributed by atoms with Crippen molar-refractivity contribution in [3.05, 3.63) is 65.7 Å². The number of hydrogen-bond donors (Lipinski definition) is 0. The summed E-state index contributed by atoms with van der Waals surface area (Å²) in [5.74, 6) is 0.143. The third-order valence-corrected chi connectivity index (χ3v) is 4.30. The Balaban J connectivity index is 1.67. The van der Waals surface area contributed by atoms with Gasteiger partial charge in [-0.05, 0) is 30.2 Å². The van der Waals surface area contributed by atoms with Gasteiger partial charge in [0, 0.05) is 37.4 Å². The number of para-hydroxylation sites is 1. The van der Waals surface area contributed by atoms with E-state index in [1.165, 1.54) is 11.3 Å². The van der Waals surface area contributed by atoms with Crippen LogP contribution in [0.25, 0.3) is 0 Å². The largest absolute Gasteiger partial charge is 0.368 e. The number of benzene rings is 2. The van der Waals surface area contributed by atoms with Crippen LogP contribution in [0.5, 0.6) is 0 Å². The van der Waals surface area contributed by atoms with E-state index in [9.17, 15) is 4.79 Å². The molecule has 0 aromatic heterocycles. The van der Waals surface area contributed by atoms with Gasteiger partial charge in [-0.2, -0.15) is 0 Å². The van der Waals surface area contributed by atoms with Crippen LogP contribution in [0, 0.1) is 0 Å². The summed E-state index contributed by atoms with van der Waals surface area (Å²) in [6.45, 7) is 5.55. The van der Waals surface area contributed by atoms with Crippen LogP contribution in [0.3, 0.4) is 0 Å². The number of hydrogen-bond acceptors (Lipinski definition) is 2. The molecule has 0 N–H and O–H groups in total. The molecule has 1 aliphatic rings. The molecule has 114 valence electrons. The predicted octanol–water partition coefficient (Wildman–Crippen LogP) is 3.21. The second-order valence-electron chi connectivity index (χ2n) is 5.63. The van der Waals surface area contributed by atoms with Crippen molar-refractivity contribution in [3.8, 4) is 0 Å². The minimum Gasteiger partial charge on any atom is -0.368 e. The Bertz CT molecular complexity index is 631. The summed E-state index contributed by atoms with van der Waals surface area (Å²) in [6, 6.07) is 18.1.